The summed E-state index contributed by atoms with van der Waals surface area (Å²) in [6.45, 7) is 1.75. The van der Waals surface area contributed by atoms with E-state index in [1.165, 1.54) is 59.1 Å². The highest BCUT2D eigenvalue weighted by Gasteiger charge is 2.24. The third kappa shape index (κ3) is 4.48. The van der Waals surface area contributed by atoms with E-state index in [0.717, 1.165) is 6.08 Å². The number of hydrogen-bond donors (Lipinski definition) is 0. The van der Waals surface area contributed by atoms with E-state index in [9.17, 15) is 22.9 Å². The number of hydrogen-bond acceptors (Lipinski definition) is 6. The summed E-state index contributed by atoms with van der Waals surface area (Å²) >= 11 is 3.24. The van der Waals surface area contributed by atoms with Gasteiger partial charge in [-0.05, 0) is 73.2 Å². The maximum Gasteiger partial charge on any atom is 0.269 e. The lowest BCUT2D eigenvalue weighted by Crippen LogP contribution is -2.20. The molecule has 2 aromatic heterocycles. The molecule has 0 atom stereocenters. The number of aromatic nitrogens is 2. The van der Waals surface area contributed by atoms with E-state index in [1.54, 1.807) is 25.1 Å². The number of allylic oxidation sites excluding steroid dienone is 1. The average molecular weight is 540 g/mol. The van der Waals surface area contributed by atoms with E-state index >= 15 is 0 Å². The Bertz CT molecular complexity index is 1640. The number of pyridine rings is 1. The van der Waals surface area contributed by atoms with Gasteiger partial charge in [-0.25, -0.2) is 12.8 Å². The van der Waals surface area contributed by atoms with Gasteiger partial charge < -0.3 is 4.74 Å². The van der Waals surface area contributed by atoms with Crippen molar-refractivity contribution in [2.24, 2.45) is 0 Å². The Morgan fingerprint density at radius 1 is 1.15 bits per heavy atom. The van der Waals surface area contributed by atoms with E-state index < -0.39 is 26.1 Å². The minimum absolute atomic E-state index is 0.116. The monoisotopic (exact) mass is 539 g/mol. The van der Waals surface area contributed by atoms with Crippen LogP contribution in [0.5, 0.6) is 11.6 Å². The molecule has 0 N–H and O–H groups in total. The lowest BCUT2D eigenvalue weighted by atomic mass is 10.2. The number of benzene rings is 2. The summed E-state index contributed by atoms with van der Waals surface area (Å²) < 4.78 is 47.2. The Morgan fingerprint density at radius 3 is 2.47 bits per heavy atom. The van der Waals surface area contributed by atoms with Crippen LogP contribution in [0.3, 0.4) is 0 Å². The third-order valence-electron chi connectivity index (χ3n) is 4.88. The van der Waals surface area contributed by atoms with Gasteiger partial charge >= 0.3 is 0 Å². The molecule has 34 heavy (non-hydrogen) atoms. The van der Waals surface area contributed by atoms with Crippen LogP contribution in [-0.4, -0.2) is 17.8 Å². The van der Waals surface area contributed by atoms with Crippen LogP contribution in [-0.2, 0) is 9.84 Å². The molecule has 0 saturated heterocycles. The molecular weight excluding hydrogens is 525 g/mol. The Balaban J connectivity index is 1.95. The van der Waals surface area contributed by atoms with Crippen LogP contribution < -0.4 is 10.3 Å². The molecule has 170 valence electrons. The molecule has 2 heterocycles. The Kier molecular flexibility index (Phi) is 6.32. The van der Waals surface area contributed by atoms with E-state index in [1.807, 2.05) is 0 Å². The summed E-state index contributed by atoms with van der Waals surface area (Å²) in [5.41, 5.74) is 0.0762. The Hall–Kier alpha value is -3.81. The number of rotatable bonds is 5. The van der Waals surface area contributed by atoms with Crippen LogP contribution >= 0.6 is 15.9 Å². The van der Waals surface area contributed by atoms with Gasteiger partial charge in [0.1, 0.15) is 33.8 Å². The van der Waals surface area contributed by atoms with Crippen molar-refractivity contribution in [3.05, 3.63) is 104 Å². The molecule has 0 radical (unpaired) electrons. The van der Waals surface area contributed by atoms with E-state index in [2.05, 4.69) is 20.9 Å². The molecule has 0 aliphatic heterocycles. The molecule has 10 heteroatoms. The van der Waals surface area contributed by atoms with E-state index in [-0.39, 0.29) is 27.7 Å². The topological polar surface area (TPSA) is 102 Å². The summed E-state index contributed by atoms with van der Waals surface area (Å²) in [6.07, 6.45) is 2.42. The van der Waals surface area contributed by atoms with Crippen molar-refractivity contribution >= 4 is 37.5 Å². The maximum atomic E-state index is 13.3. The molecule has 4 aromatic rings. The number of halogens is 2. The highest BCUT2D eigenvalue weighted by atomic mass is 79.9. The van der Waals surface area contributed by atoms with Gasteiger partial charge in [-0.1, -0.05) is 22.0 Å². The molecule has 0 unspecified atom stereocenters. The van der Waals surface area contributed by atoms with Gasteiger partial charge in [-0.3, -0.25) is 9.20 Å². The van der Waals surface area contributed by atoms with Crippen molar-refractivity contribution in [1.29, 1.82) is 5.26 Å². The third-order valence-corrected chi connectivity index (χ3v) is 7.09. The van der Waals surface area contributed by atoms with Crippen molar-refractivity contribution in [3.8, 4) is 17.7 Å². The Morgan fingerprint density at radius 2 is 1.82 bits per heavy atom. The van der Waals surface area contributed by atoms with E-state index in [0.29, 0.717) is 10.0 Å². The zero-order valence-electron chi connectivity index (χ0n) is 17.6. The van der Waals surface area contributed by atoms with Crippen LogP contribution in [0.25, 0.3) is 11.7 Å². The molecule has 2 aromatic carbocycles. The zero-order valence-corrected chi connectivity index (χ0v) is 20.0. The van der Waals surface area contributed by atoms with Crippen LogP contribution in [0.4, 0.5) is 4.39 Å². The van der Waals surface area contributed by atoms with Gasteiger partial charge in [-0.2, -0.15) is 10.2 Å². The first-order valence-electron chi connectivity index (χ1n) is 9.78. The van der Waals surface area contributed by atoms with Crippen molar-refractivity contribution in [2.45, 2.75) is 11.8 Å². The molecule has 0 aliphatic rings. The summed E-state index contributed by atoms with van der Waals surface area (Å²) in [7, 11) is -4.24. The summed E-state index contributed by atoms with van der Waals surface area (Å²) in [5.74, 6) is -0.526. The lowest BCUT2D eigenvalue weighted by Gasteiger charge is -2.11. The van der Waals surface area contributed by atoms with Gasteiger partial charge in [0.15, 0.2) is 0 Å². The summed E-state index contributed by atoms with van der Waals surface area (Å²) in [6, 6.07) is 15.8. The normalized spacial score (nSPS) is 11.9. The number of aryl methyl sites for hydroxylation is 1. The highest BCUT2D eigenvalue weighted by Crippen LogP contribution is 2.28. The zero-order chi connectivity index (χ0) is 24.5. The van der Waals surface area contributed by atoms with Crippen molar-refractivity contribution in [3.63, 3.8) is 0 Å². The van der Waals surface area contributed by atoms with Gasteiger partial charge in [0.2, 0.25) is 15.7 Å². The number of fused-ring (bicyclic) bond motifs is 1. The Labute approximate surface area is 202 Å². The van der Waals surface area contributed by atoms with Crippen LogP contribution in [0.15, 0.2) is 85.9 Å². The quantitative estimate of drug-likeness (QED) is 0.329. The number of nitriles is 1. The van der Waals surface area contributed by atoms with Crippen molar-refractivity contribution in [1.82, 2.24) is 9.38 Å². The smallest absolute Gasteiger partial charge is 0.269 e. The second kappa shape index (κ2) is 9.21. The number of nitrogens with zero attached hydrogens (tertiary/aromatic N) is 3. The second-order valence-electron chi connectivity index (χ2n) is 7.15. The number of sulfone groups is 1. The molecule has 0 bridgehead atoms. The fraction of sp³-hybridized carbons (Fsp3) is 0.0417. The second-order valence-corrected chi connectivity index (χ2v) is 9.99. The summed E-state index contributed by atoms with van der Waals surface area (Å²) in [4.78, 5) is 17.0. The van der Waals surface area contributed by atoms with Gasteiger partial charge in [0.25, 0.3) is 5.56 Å². The minimum Gasteiger partial charge on any atom is -0.438 e. The minimum atomic E-state index is -4.24. The predicted octanol–water partition coefficient (Wildman–Crippen LogP) is 5.04. The van der Waals surface area contributed by atoms with Crippen molar-refractivity contribution < 1.29 is 17.5 Å². The molecule has 0 aliphatic carbocycles. The van der Waals surface area contributed by atoms with E-state index in [4.69, 9.17) is 4.74 Å². The SMILES string of the molecule is Cc1cccn2c(=O)c(C=C(C#N)S(=O)(=O)c3ccc(Br)cc3)c(Oc3ccc(F)cc3)nc12. The van der Waals surface area contributed by atoms with Gasteiger partial charge in [0.05, 0.1) is 4.90 Å². The standard InChI is InChI=1S/C24H15BrFN3O4S/c1-15-3-2-12-29-22(15)28-23(33-18-8-6-17(26)7-9-18)21(24(29)30)13-20(14-27)34(31,32)19-10-4-16(25)5-11-19/h2-13H,1H3. The first-order chi connectivity index (χ1) is 16.2. The lowest BCUT2D eigenvalue weighted by molar-refractivity contribution is 0.459. The first kappa shape index (κ1) is 23.4. The molecule has 7 nitrogen and oxygen atoms in total. The van der Waals surface area contributed by atoms with Crippen LogP contribution in [0.1, 0.15) is 11.1 Å². The first-order valence-corrected chi connectivity index (χ1v) is 12.1. The van der Waals surface area contributed by atoms with Crippen LogP contribution in [0.2, 0.25) is 0 Å². The molecule has 0 fully saturated rings. The predicted molar refractivity (Wildman–Crippen MR) is 128 cm³/mol. The molecule has 0 spiro atoms. The van der Waals surface area contributed by atoms with Crippen LogP contribution in [0, 0.1) is 24.1 Å². The largest absolute Gasteiger partial charge is 0.438 e. The fourth-order valence-electron chi connectivity index (χ4n) is 3.15. The molecule has 4 rings (SSSR count). The van der Waals surface area contributed by atoms with Crippen molar-refractivity contribution in [2.75, 3.05) is 0 Å². The summed E-state index contributed by atoms with van der Waals surface area (Å²) in [5, 5.41) is 9.68. The molecular formula is C24H15BrFN3O4S. The molecule has 0 amide bonds. The van der Waals surface area contributed by atoms with Gasteiger partial charge in [-0.15, -0.1) is 0 Å². The fourth-order valence-corrected chi connectivity index (χ4v) is 4.56. The van der Waals surface area contributed by atoms with Gasteiger partial charge in [0, 0.05) is 10.7 Å². The number of ether oxygens (including phenoxy) is 1. The maximum absolute atomic E-state index is 13.3. The average Bonchev–Trinajstić information content (AvgIpc) is 2.81. The molecule has 0 saturated carbocycles. The highest BCUT2D eigenvalue weighted by molar-refractivity contribution is 9.10.